The molecule has 0 aliphatic rings. The summed E-state index contributed by atoms with van der Waals surface area (Å²) in [5.74, 6) is -0.288. The van der Waals surface area contributed by atoms with Crippen molar-refractivity contribution in [3.05, 3.63) is 53.1 Å². The Bertz CT molecular complexity index is 914. The van der Waals surface area contributed by atoms with Crippen molar-refractivity contribution in [2.24, 2.45) is 0 Å². The second-order valence-corrected chi connectivity index (χ2v) is 8.64. The second kappa shape index (κ2) is 8.07. The van der Waals surface area contributed by atoms with Crippen LogP contribution in [0.3, 0.4) is 0 Å². The van der Waals surface area contributed by atoms with E-state index < -0.39 is 16.1 Å². The number of benzene rings is 2. The Morgan fingerprint density at radius 3 is 2.46 bits per heavy atom. The molecule has 2 rings (SSSR count). The van der Waals surface area contributed by atoms with E-state index in [-0.39, 0.29) is 10.8 Å². The molecule has 0 fully saturated rings. The lowest BCUT2D eigenvalue weighted by atomic mass is 10.1. The van der Waals surface area contributed by atoms with Crippen LogP contribution in [0.2, 0.25) is 5.02 Å². The Hall–Kier alpha value is -2.09. The number of nitrogens with zero attached hydrogens (tertiary/aromatic N) is 1. The number of nitrogens with one attached hydrogen (secondary N) is 2. The van der Waals surface area contributed by atoms with E-state index in [0.29, 0.717) is 10.7 Å². The minimum absolute atomic E-state index is 0.117. The molecule has 8 heteroatoms. The fourth-order valence-electron chi connectivity index (χ4n) is 2.26. The first-order valence-electron chi connectivity index (χ1n) is 7.98. The van der Waals surface area contributed by atoms with Gasteiger partial charge in [0, 0.05) is 30.5 Å². The highest BCUT2D eigenvalue weighted by Gasteiger charge is 2.19. The molecule has 0 unspecified atom stereocenters. The van der Waals surface area contributed by atoms with Gasteiger partial charge in [-0.25, -0.2) is 12.7 Å². The molecular weight excluding hydrogens is 374 g/mol. The number of halogens is 1. The molecular formula is C18H22ClN3O3S. The molecule has 0 heterocycles. The van der Waals surface area contributed by atoms with Crippen molar-refractivity contribution < 1.29 is 13.2 Å². The summed E-state index contributed by atoms with van der Waals surface area (Å²) in [5.41, 5.74) is 2.03. The van der Waals surface area contributed by atoms with E-state index in [4.69, 9.17) is 11.6 Å². The van der Waals surface area contributed by atoms with Gasteiger partial charge in [-0.05, 0) is 49.7 Å². The molecule has 0 bridgehead atoms. The maximum Gasteiger partial charge on any atom is 0.246 e. The van der Waals surface area contributed by atoms with E-state index in [1.807, 2.05) is 13.0 Å². The second-order valence-electron chi connectivity index (χ2n) is 6.08. The van der Waals surface area contributed by atoms with Crippen LogP contribution in [0, 0.1) is 6.92 Å². The van der Waals surface area contributed by atoms with Crippen LogP contribution < -0.4 is 10.6 Å². The minimum Gasteiger partial charge on any atom is -0.374 e. The zero-order chi connectivity index (χ0) is 19.5. The van der Waals surface area contributed by atoms with Crippen molar-refractivity contribution in [2.75, 3.05) is 24.7 Å². The van der Waals surface area contributed by atoms with Crippen LogP contribution in [0.25, 0.3) is 0 Å². The molecule has 0 saturated heterocycles. The van der Waals surface area contributed by atoms with Gasteiger partial charge < -0.3 is 10.6 Å². The summed E-state index contributed by atoms with van der Waals surface area (Å²) in [6.07, 6.45) is 0. The fourth-order valence-corrected chi connectivity index (χ4v) is 3.38. The van der Waals surface area contributed by atoms with E-state index >= 15 is 0 Å². The van der Waals surface area contributed by atoms with Crippen LogP contribution in [-0.2, 0) is 14.8 Å². The first-order chi connectivity index (χ1) is 12.1. The monoisotopic (exact) mass is 395 g/mol. The predicted octanol–water partition coefficient (Wildman–Crippen LogP) is 3.34. The van der Waals surface area contributed by atoms with Crippen molar-refractivity contribution >= 4 is 38.9 Å². The molecule has 0 spiro atoms. The van der Waals surface area contributed by atoms with Gasteiger partial charge in [0.2, 0.25) is 15.9 Å². The standard InChI is InChI=1S/C18H22ClN3O3S/c1-12-16(19)9-6-10-17(12)20-13(2)18(23)21-14-7-5-8-15(11-14)26(24,25)22(3)4/h5-11,13,20H,1-4H3,(H,21,23)/t13-/m0/s1. The lowest BCUT2D eigenvalue weighted by Crippen LogP contribution is -2.32. The molecule has 0 aliphatic heterocycles. The number of amides is 1. The zero-order valence-corrected chi connectivity index (χ0v) is 16.6. The SMILES string of the molecule is Cc1c(Cl)cccc1N[C@@H](C)C(=O)Nc1cccc(S(=O)(=O)N(C)C)c1. The Morgan fingerprint density at radius 1 is 1.15 bits per heavy atom. The average molecular weight is 396 g/mol. The lowest BCUT2D eigenvalue weighted by molar-refractivity contribution is -0.116. The highest BCUT2D eigenvalue weighted by molar-refractivity contribution is 7.89. The molecule has 0 saturated carbocycles. The molecule has 6 nitrogen and oxygen atoms in total. The van der Waals surface area contributed by atoms with Crippen molar-refractivity contribution in [3.8, 4) is 0 Å². The van der Waals surface area contributed by atoms with E-state index in [9.17, 15) is 13.2 Å². The Balaban J connectivity index is 2.13. The molecule has 1 atom stereocenters. The first-order valence-corrected chi connectivity index (χ1v) is 9.80. The van der Waals surface area contributed by atoms with Crippen molar-refractivity contribution in [1.29, 1.82) is 0 Å². The molecule has 140 valence electrons. The molecule has 2 aromatic rings. The van der Waals surface area contributed by atoms with Gasteiger partial charge in [0.15, 0.2) is 0 Å². The van der Waals surface area contributed by atoms with E-state index in [1.54, 1.807) is 31.2 Å². The van der Waals surface area contributed by atoms with Crippen LogP contribution in [0.1, 0.15) is 12.5 Å². The van der Waals surface area contributed by atoms with E-state index in [1.165, 1.54) is 26.2 Å². The van der Waals surface area contributed by atoms with Crippen LogP contribution in [0.5, 0.6) is 0 Å². The van der Waals surface area contributed by atoms with Gasteiger partial charge in [-0.3, -0.25) is 4.79 Å². The number of rotatable bonds is 6. The molecule has 1 amide bonds. The summed E-state index contributed by atoms with van der Waals surface area (Å²) in [5, 5.41) is 6.46. The summed E-state index contributed by atoms with van der Waals surface area (Å²) in [6, 6.07) is 11.0. The third kappa shape index (κ3) is 4.55. The van der Waals surface area contributed by atoms with Crippen LogP contribution >= 0.6 is 11.6 Å². The molecule has 0 radical (unpaired) electrons. The topological polar surface area (TPSA) is 78.5 Å². The third-order valence-electron chi connectivity index (χ3n) is 3.91. The Kier molecular flexibility index (Phi) is 6.28. The highest BCUT2D eigenvalue weighted by Crippen LogP contribution is 2.24. The van der Waals surface area contributed by atoms with Gasteiger partial charge in [-0.1, -0.05) is 23.7 Å². The third-order valence-corrected chi connectivity index (χ3v) is 6.13. The molecule has 0 aromatic heterocycles. The number of anilines is 2. The average Bonchev–Trinajstić information content (AvgIpc) is 2.59. The molecule has 26 heavy (non-hydrogen) atoms. The number of hydrogen-bond acceptors (Lipinski definition) is 4. The normalized spacial score (nSPS) is 12.7. The zero-order valence-electron chi connectivity index (χ0n) is 15.1. The quantitative estimate of drug-likeness (QED) is 0.786. The van der Waals surface area contributed by atoms with E-state index in [2.05, 4.69) is 10.6 Å². The van der Waals surface area contributed by atoms with Crippen LogP contribution in [-0.4, -0.2) is 38.8 Å². The van der Waals surface area contributed by atoms with Crippen LogP contribution in [0.4, 0.5) is 11.4 Å². The number of carbonyl (C=O) groups excluding carboxylic acids is 1. The van der Waals surface area contributed by atoms with Gasteiger partial charge in [0.1, 0.15) is 6.04 Å². The molecule has 2 N–H and O–H groups in total. The molecule has 0 aliphatic carbocycles. The molecule has 2 aromatic carbocycles. The van der Waals surface area contributed by atoms with Gasteiger partial charge in [0.25, 0.3) is 0 Å². The highest BCUT2D eigenvalue weighted by atomic mass is 35.5. The van der Waals surface area contributed by atoms with Gasteiger partial charge in [0.05, 0.1) is 4.90 Å². The summed E-state index contributed by atoms with van der Waals surface area (Å²) >= 11 is 6.09. The van der Waals surface area contributed by atoms with Crippen molar-refractivity contribution in [1.82, 2.24) is 4.31 Å². The smallest absolute Gasteiger partial charge is 0.246 e. The Labute approximate surface area is 159 Å². The van der Waals surface area contributed by atoms with Crippen molar-refractivity contribution in [2.45, 2.75) is 24.8 Å². The van der Waals surface area contributed by atoms with Gasteiger partial charge in [-0.15, -0.1) is 0 Å². The van der Waals surface area contributed by atoms with Gasteiger partial charge >= 0.3 is 0 Å². The lowest BCUT2D eigenvalue weighted by Gasteiger charge is -2.18. The van der Waals surface area contributed by atoms with Gasteiger partial charge in [-0.2, -0.15) is 0 Å². The first kappa shape index (κ1) is 20.2. The number of carbonyl (C=O) groups is 1. The summed E-state index contributed by atoms with van der Waals surface area (Å²) in [7, 11) is -0.646. The number of sulfonamides is 1. The van der Waals surface area contributed by atoms with Crippen molar-refractivity contribution in [3.63, 3.8) is 0 Å². The summed E-state index contributed by atoms with van der Waals surface area (Å²) < 4.78 is 25.5. The minimum atomic E-state index is -3.56. The van der Waals surface area contributed by atoms with Crippen LogP contribution in [0.15, 0.2) is 47.4 Å². The number of hydrogen-bond donors (Lipinski definition) is 2. The summed E-state index contributed by atoms with van der Waals surface area (Å²) in [4.78, 5) is 12.6. The predicted molar refractivity (Wildman–Crippen MR) is 105 cm³/mol. The van der Waals surface area contributed by atoms with E-state index in [0.717, 1.165) is 15.6 Å². The maximum absolute atomic E-state index is 12.4. The largest absolute Gasteiger partial charge is 0.374 e. The Morgan fingerprint density at radius 2 is 1.81 bits per heavy atom. The summed E-state index contributed by atoms with van der Waals surface area (Å²) in [6.45, 7) is 3.58. The maximum atomic E-state index is 12.4. The fraction of sp³-hybridized carbons (Fsp3) is 0.278.